The van der Waals surface area contributed by atoms with E-state index in [0.717, 1.165) is 35.5 Å². The van der Waals surface area contributed by atoms with Crippen LogP contribution < -0.4 is 14.8 Å². The molecule has 2 radical (unpaired) electrons. The molecule has 2 aromatic carbocycles. The van der Waals surface area contributed by atoms with Crippen molar-refractivity contribution in [1.82, 2.24) is 10.3 Å². The molecule has 1 aromatic heterocycles. The van der Waals surface area contributed by atoms with Gasteiger partial charge in [0.15, 0.2) is 0 Å². The number of nitrogens with one attached hydrogen (secondary N) is 1. The number of aryl methyl sites for hydroxylation is 2. The molecule has 1 atom stereocenters. The van der Waals surface area contributed by atoms with Gasteiger partial charge in [0.05, 0.1) is 12.8 Å². The molecule has 0 aliphatic carbocycles. The van der Waals surface area contributed by atoms with Crippen LogP contribution in [-0.4, -0.2) is 92.9 Å². The maximum absolute atomic E-state index is 12.1. The van der Waals surface area contributed by atoms with Gasteiger partial charge in [-0.25, -0.2) is 9.55 Å². The Labute approximate surface area is 251 Å². The zero-order chi connectivity index (χ0) is 23.4. The average molecular weight is 536 g/mol. The number of carbonyl (C=O) groups excluding carboxylic acids is 1. The predicted octanol–water partition coefficient (Wildman–Crippen LogP) is 3.39. The van der Waals surface area contributed by atoms with Crippen LogP contribution in [0, 0.1) is 6.92 Å². The van der Waals surface area contributed by atoms with Crippen LogP contribution in [-0.2, 0) is 15.5 Å². The van der Waals surface area contributed by atoms with Crippen LogP contribution in [0.2, 0.25) is 0 Å². The normalized spacial score (nSPS) is 14.5. The minimum Gasteiger partial charge on any atom is -0.485 e. The van der Waals surface area contributed by atoms with Crippen LogP contribution in [0.25, 0.3) is 0 Å². The number of amides is 1. The van der Waals surface area contributed by atoms with Crippen LogP contribution in [0.5, 0.6) is 16.7 Å². The summed E-state index contributed by atoms with van der Waals surface area (Å²) in [4.78, 5) is 33.8. The number of phosphoric ester groups is 1. The quantitative estimate of drug-likeness (QED) is 0.227. The third-order valence-electron chi connectivity index (χ3n) is 5.07. The van der Waals surface area contributed by atoms with Crippen molar-refractivity contribution < 1.29 is 33.1 Å². The first-order valence-corrected chi connectivity index (χ1v) is 12.6. The van der Waals surface area contributed by atoms with E-state index >= 15 is 0 Å². The smallest absolute Gasteiger partial charge is 0.469 e. The van der Waals surface area contributed by atoms with E-state index in [1.54, 1.807) is 6.07 Å². The van der Waals surface area contributed by atoms with E-state index in [-0.39, 0.29) is 78.4 Å². The molecule has 3 N–H and O–H groups in total. The van der Waals surface area contributed by atoms with Gasteiger partial charge in [0.2, 0.25) is 0 Å². The average Bonchev–Trinajstić information content (AvgIpc) is 3.24. The number of rotatable bonds is 8. The van der Waals surface area contributed by atoms with Crippen molar-refractivity contribution >= 4 is 84.2 Å². The van der Waals surface area contributed by atoms with Gasteiger partial charge >= 0.3 is 7.82 Å². The van der Waals surface area contributed by atoms with Crippen LogP contribution in [0.15, 0.2) is 48.7 Å². The van der Waals surface area contributed by atoms with E-state index in [4.69, 9.17) is 19.3 Å². The topological polar surface area (TPSA) is 127 Å². The molecule has 4 rings (SSSR count). The first-order chi connectivity index (χ1) is 15.8. The standard InChI is InChI=1S/C22H23N2O7PS.2Na/c1-14-4-2-3-5-17(14)19-8-6-15-12-16(7-9-18(15)31-19)30-22-24-13-20(33-22)21(25)23-10-11-29-32(26,27)28;;/h2-5,7,9,12-13,19H,6,8,10-11H2,1H3,(H,23,25)(H2,26,27,28);;/t19-;;/m0../s1. The zero-order valence-corrected chi connectivity index (χ0v) is 25.5. The predicted molar refractivity (Wildman–Crippen MR) is 133 cm³/mol. The Morgan fingerprint density at radius 3 is 2.77 bits per heavy atom. The van der Waals surface area contributed by atoms with Crippen LogP contribution in [0.4, 0.5) is 0 Å². The van der Waals surface area contributed by atoms with E-state index in [1.807, 2.05) is 24.3 Å². The van der Waals surface area contributed by atoms with Gasteiger partial charge in [-0.05, 0) is 54.7 Å². The summed E-state index contributed by atoms with van der Waals surface area (Å²) < 4.78 is 27.0. The molecule has 2 heterocycles. The second-order valence-corrected chi connectivity index (χ2v) is 9.68. The molecule has 35 heavy (non-hydrogen) atoms. The number of nitrogens with zero attached hydrogens (tertiary/aromatic N) is 1. The molecule has 1 amide bonds. The summed E-state index contributed by atoms with van der Waals surface area (Å²) in [6.45, 7) is 1.73. The van der Waals surface area contributed by atoms with Gasteiger partial charge in [-0.15, -0.1) is 0 Å². The number of ether oxygens (including phenoxy) is 2. The van der Waals surface area contributed by atoms with Crippen molar-refractivity contribution in [2.45, 2.75) is 25.9 Å². The molecule has 176 valence electrons. The van der Waals surface area contributed by atoms with Crippen molar-refractivity contribution in [1.29, 1.82) is 0 Å². The second kappa shape index (κ2) is 13.7. The van der Waals surface area contributed by atoms with Crippen molar-refractivity contribution in [3.05, 3.63) is 70.2 Å². The number of phosphoric acid groups is 1. The summed E-state index contributed by atoms with van der Waals surface area (Å²) in [6, 6.07) is 13.8. The Balaban J connectivity index is 0.00000216. The van der Waals surface area contributed by atoms with Crippen molar-refractivity contribution in [3.63, 3.8) is 0 Å². The van der Waals surface area contributed by atoms with Crippen LogP contribution >= 0.6 is 19.2 Å². The van der Waals surface area contributed by atoms with Gasteiger partial charge in [0, 0.05) is 65.7 Å². The fraction of sp³-hybridized carbons (Fsp3) is 0.273. The fourth-order valence-electron chi connectivity index (χ4n) is 3.52. The van der Waals surface area contributed by atoms with E-state index in [9.17, 15) is 9.36 Å². The summed E-state index contributed by atoms with van der Waals surface area (Å²) in [5.74, 6) is 0.999. The Kier molecular flexibility index (Phi) is 11.9. The molecule has 3 aromatic rings. The van der Waals surface area contributed by atoms with Crippen molar-refractivity contribution in [3.8, 4) is 16.7 Å². The molecule has 1 aliphatic heterocycles. The summed E-state index contributed by atoms with van der Waals surface area (Å²) in [5, 5.41) is 2.81. The summed E-state index contributed by atoms with van der Waals surface area (Å²) >= 11 is 1.07. The molecule has 0 fully saturated rings. The molecule has 0 unspecified atom stereocenters. The molecule has 0 saturated heterocycles. The van der Waals surface area contributed by atoms with Crippen LogP contribution in [0.1, 0.15) is 38.9 Å². The zero-order valence-electron chi connectivity index (χ0n) is 19.8. The van der Waals surface area contributed by atoms with Gasteiger partial charge in [-0.3, -0.25) is 9.32 Å². The number of aromatic nitrogens is 1. The number of hydrogen-bond acceptors (Lipinski definition) is 7. The fourth-order valence-corrected chi connectivity index (χ4v) is 4.55. The number of hydrogen-bond donors (Lipinski definition) is 3. The van der Waals surface area contributed by atoms with Gasteiger partial charge in [-0.2, -0.15) is 0 Å². The number of carbonyl (C=O) groups is 1. The molecule has 0 bridgehead atoms. The summed E-state index contributed by atoms with van der Waals surface area (Å²) in [6.07, 6.45) is 3.13. The number of thiazole rings is 1. The van der Waals surface area contributed by atoms with Gasteiger partial charge in [0.1, 0.15) is 22.5 Å². The molecule has 1 aliphatic rings. The van der Waals surface area contributed by atoms with Gasteiger partial charge in [0.25, 0.3) is 11.1 Å². The Morgan fingerprint density at radius 1 is 1.26 bits per heavy atom. The first kappa shape index (κ1) is 30.5. The summed E-state index contributed by atoms with van der Waals surface area (Å²) in [5.41, 5.74) is 3.46. The van der Waals surface area contributed by atoms with E-state index in [2.05, 4.69) is 33.9 Å². The van der Waals surface area contributed by atoms with E-state index < -0.39 is 13.7 Å². The van der Waals surface area contributed by atoms with E-state index in [1.165, 1.54) is 17.3 Å². The largest absolute Gasteiger partial charge is 0.485 e. The molecule has 0 saturated carbocycles. The molecule has 9 nitrogen and oxygen atoms in total. The maximum Gasteiger partial charge on any atom is 0.469 e. The third kappa shape index (κ3) is 8.66. The third-order valence-corrected chi connectivity index (χ3v) is 6.47. The van der Waals surface area contributed by atoms with Gasteiger partial charge < -0.3 is 24.6 Å². The minimum atomic E-state index is -4.55. The van der Waals surface area contributed by atoms with Crippen molar-refractivity contribution in [2.75, 3.05) is 13.2 Å². The van der Waals surface area contributed by atoms with Crippen LogP contribution in [0.3, 0.4) is 0 Å². The molecule has 13 heteroatoms. The number of fused-ring (bicyclic) bond motifs is 1. The first-order valence-electron chi connectivity index (χ1n) is 10.3. The summed E-state index contributed by atoms with van der Waals surface area (Å²) in [7, 11) is -4.55. The molecular weight excluding hydrogens is 513 g/mol. The Morgan fingerprint density at radius 2 is 2.03 bits per heavy atom. The second-order valence-electron chi connectivity index (χ2n) is 7.44. The molecular formula is C22H23N2Na2O7PS. The Hall–Kier alpha value is -0.750. The SMILES string of the molecule is Cc1ccccc1[C@@H]1CCc2cc(Oc3ncc(C(=O)NCCOP(=O)(O)O)s3)ccc2O1.[Na].[Na]. The van der Waals surface area contributed by atoms with Crippen molar-refractivity contribution in [2.24, 2.45) is 0 Å². The molecule has 0 spiro atoms. The maximum atomic E-state index is 12.1. The number of benzene rings is 2. The monoisotopic (exact) mass is 536 g/mol. The van der Waals surface area contributed by atoms with Gasteiger partial charge in [-0.1, -0.05) is 35.6 Å². The Bertz CT molecular complexity index is 1200. The van der Waals surface area contributed by atoms with E-state index in [0.29, 0.717) is 15.8 Å². The minimum absolute atomic E-state index is 0.